The van der Waals surface area contributed by atoms with Crippen molar-refractivity contribution in [2.45, 2.75) is 0 Å². The average Bonchev–Trinajstić information content (AvgIpc) is 2.87. The second-order valence-electron chi connectivity index (χ2n) is 8.72. The quantitative estimate of drug-likeness (QED) is 0.282. The fraction of sp³-hybridized carbons (Fsp3) is 0.179. The predicted molar refractivity (Wildman–Crippen MR) is 150 cm³/mol. The first kappa shape index (κ1) is 25.2. The maximum absolute atomic E-state index is 12.1. The first-order chi connectivity index (χ1) is 17.3. The van der Waals surface area contributed by atoms with E-state index in [9.17, 15) is 4.79 Å². The summed E-state index contributed by atoms with van der Waals surface area (Å²) in [5.41, 5.74) is 5.09. The number of para-hydroxylation sites is 1. The van der Waals surface area contributed by atoms with Crippen LogP contribution < -0.4 is 15.5 Å². The van der Waals surface area contributed by atoms with Crippen molar-refractivity contribution < 1.29 is 4.79 Å². The molecule has 0 aliphatic rings. The Labute approximate surface area is 216 Å². The minimum atomic E-state index is -0.275. The number of carbonyl (C=O) groups excluding carboxylic acids is 1. The number of carbonyl (C=O) groups is 1. The molecule has 0 aliphatic heterocycles. The van der Waals surface area contributed by atoms with Gasteiger partial charge in [-0.2, -0.15) is 0 Å². The lowest BCUT2D eigenvalue weighted by atomic mass is 10.0. The van der Waals surface area contributed by atoms with Crippen LogP contribution in [-0.2, 0) is 4.79 Å². The normalized spacial score (nSPS) is 10.9. The number of halogens is 1. The molecule has 4 aromatic rings. The lowest BCUT2D eigenvalue weighted by molar-refractivity contribution is -0.111. The average molecular weight is 501 g/mol. The van der Waals surface area contributed by atoms with Crippen LogP contribution in [0.3, 0.4) is 0 Å². The molecule has 0 atom stereocenters. The predicted octanol–water partition coefficient (Wildman–Crippen LogP) is 5.82. The number of benzene rings is 3. The largest absolute Gasteiger partial charge is 0.372 e. The fourth-order valence-corrected chi connectivity index (χ4v) is 4.03. The SMILES string of the molecule is C=CC(=O)Nc1cc(Nc2ncc3cccc(-c4cccc(Cl)c4)c3n2)ccc1N(C)CCN(C)C. The molecule has 2 N–H and O–H groups in total. The molecule has 1 aromatic heterocycles. The molecule has 184 valence electrons. The number of rotatable bonds is 9. The number of nitrogens with one attached hydrogen (secondary N) is 2. The van der Waals surface area contributed by atoms with Gasteiger partial charge in [-0.3, -0.25) is 4.79 Å². The van der Waals surface area contributed by atoms with Gasteiger partial charge in [-0.05, 0) is 56.1 Å². The number of hydrogen-bond donors (Lipinski definition) is 2. The Hall–Kier alpha value is -3.94. The zero-order chi connectivity index (χ0) is 25.7. The highest BCUT2D eigenvalue weighted by Crippen LogP contribution is 2.32. The van der Waals surface area contributed by atoms with Gasteiger partial charge < -0.3 is 20.4 Å². The molecule has 0 spiro atoms. The van der Waals surface area contributed by atoms with Crippen LogP contribution in [0.1, 0.15) is 0 Å². The number of nitrogens with zero attached hydrogens (tertiary/aromatic N) is 4. The lowest BCUT2D eigenvalue weighted by Gasteiger charge is -2.24. The van der Waals surface area contributed by atoms with Gasteiger partial charge in [0.15, 0.2) is 0 Å². The summed E-state index contributed by atoms with van der Waals surface area (Å²) < 4.78 is 0. The van der Waals surface area contributed by atoms with Crippen LogP contribution >= 0.6 is 11.6 Å². The molecular formula is C28H29ClN6O. The van der Waals surface area contributed by atoms with Gasteiger partial charge in [0.05, 0.1) is 16.9 Å². The highest BCUT2D eigenvalue weighted by atomic mass is 35.5. The van der Waals surface area contributed by atoms with E-state index in [0.29, 0.717) is 16.7 Å². The monoisotopic (exact) mass is 500 g/mol. The van der Waals surface area contributed by atoms with Crippen molar-refractivity contribution in [1.29, 1.82) is 0 Å². The molecule has 7 nitrogen and oxygen atoms in total. The van der Waals surface area contributed by atoms with Crippen molar-refractivity contribution in [2.24, 2.45) is 0 Å². The minimum Gasteiger partial charge on any atom is -0.372 e. The summed E-state index contributed by atoms with van der Waals surface area (Å²) in [6, 6.07) is 19.5. The molecule has 0 aliphatic carbocycles. The molecule has 0 radical (unpaired) electrons. The van der Waals surface area contributed by atoms with Crippen LogP contribution in [0.15, 0.2) is 79.5 Å². The topological polar surface area (TPSA) is 73.4 Å². The molecule has 0 unspecified atom stereocenters. The molecule has 0 saturated carbocycles. The first-order valence-corrected chi connectivity index (χ1v) is 11.9. The Morgan fingerprint density at radius 1 is 1.06 bits per heavy atom. The maximum atomic E-state index is 12.1. The van der Waals surface area contributed by atoms with Crippen LogP contribution in [-0.4, -0.2) is 55.0 Å². The molecule has 1 amide bonds. The standard InChI is InChI=1S/C28H29ClN6O/c1-5-26(36)32-24-17-22(12-13-25(24)35(4)15-14-34(2)3)31-28-30-18-20-9-7-11-23(27(20)33-28)19-8-6-10-21(29)16-19/h5-13,16-18H,1,14-15H2,2-4H3,(H,32,36)(H,30,31,33). The smallest absolute Gasteiger partial charge is 0.247 e. The Balaban J connectivity index is 1.67. The zero-order valence-corrected chi connectivity index (χ0v) is 21.4. The lowest BCUT2D eigenvalue weighted by Crippen LogP contribution is -2.29. The summed E-state index contributed by atoms with van der Waals surface area (Å²) in [4.78, 5) is 25.6. The Kier molecular flexibility index (Phi) is 7.83. The Morgan fingerprint density at radius 3 is 2.61 bits per heavy atom. The van der Waals surface area contributed by atoms with Crippen molar-refractivity contribution >= 4 is 51.4 Å². The summed E-state index contributed by atoms with van der Waals surface area (Å²) >= 11 is 6.23. The van der Waals surface area contributed by atoms with Gasteiger partial charge >= 0.3 is 0 Å². The molecular weight excluding hydrogens is 472 g/mol. The molecule has 0 fully saturated rings. The van der Waals surface area contributed by atoms with Crippen molar-refractivity contribution in [2.75, 3.05) is 49.8 Å². The highest BCUT2D eigenvalue weighted by molar-refractivity contribution is 6.30. The fourth-order valence-electron chi connectivity index (χ4n) is 3.84. The number of aromatic nitrogens is 2. The van der Waals surface area contributed by atoms with E-state index in [1.165, 1.54) is 6.08 Å². The van der Waals surface area contributed by atoms with E-state index < -0.39 is 0 Å². The molecule has 0 saturated heterocycles. The Morgan fingerprint density at radius 2 is 1.86 bits per heavy atom. The maximum Gasteiger partial charge on any atom is 0.247 e. The van der Waals surface area contributed by atoms with Gasteiger partial charge in [-0.1, -0.05) is 48.5 Å². The molecule has 4 rings (SSSR count). The number of hydrogen-bond acceptors (Lipinski definition) is 6. The van der Waals surface area contributed by atoms with Crippen LogP contribution in [0.2, 0.25) is 5.02 Å². The van der Waals surface area contributed by atoms with Gasteiger partial charge in [0.25, 0.3) is 0 Å². The van der Waals surface area contributed by atoms with E-state index in [0.717, 1.165) is 46.5 Å². The van der Waals surface area contributed by atoms with E-state index in [2.05, 4.69) is 32.0 Å². The van der Waals surface area contributed by atoms with Gasteiger partial charge in [0.2, 0.25) is 11.9 Å². The summed E-state index contributed by atoms with van der Waals surface area (Å²) in [5.74, 6) is 0.175. The summed E-state index contributed by atoms with van der Waals surface area (Å²) in [6.45, 7) is 5.25. The van der Waals surface area contributed by atoms with Gasteiger partial charge in [0.1, 0.15) is 0 Å². The minimum absolute atomic E-state index is 0.275. The molecule has 3 aromatic carbocycles. The summed E-state index contributed by atoms with van der Waals surface area (Å²) in [6.07, 6.45) is 3.05. The third kappa shape index (κ3) is 6.00. The molecule has 36 heavy (non-hydrogen) atoms. The molecule has 8 heteroatoms. The van der Waals surface area contributed by atoms with E-state index in [-0.39, 0.29) is 5.91 Å². The van der Waals surface area contributed by atoms with Crippen molar-refractivity contribution in [3.63, 3.8) is 0 Å². The van der Waals surface area contributed by atoms with Crippen LogP contribution in [0.25, 0.3) is 22.0 Å². The van der Waals surface area contributed by atoms with Crippen molar-refractivity contribution in [3.8, 4) is 11.1 Å². The summed E-state index contributed by atoms with van der Waals surface area (Å²) in [5, 5.41) is 7.79. The van der Waals surface area contributed by atoms with E-state index in [1.807, 2.05) is 81.8 Å². The highest BCUT2D eigenvalue weighted by Gasteiger charge is 2.13. The third-order valence-electron chi connectivity index (χ3n) is 5.74. The third-order valence-corrected chi connectivity index (χ3v) is 5.97. The van der Waals surface area contributed by atoms with E-state index in [4.69, 9.17) is 16.6 Å². The van der Waals surface area contributed by atoms with Crippen molar-refractivity contribution in [1.82, 2.24) is 14.9 Å². The van der Waals surface area contributed by atoms with Crippen LogP contribution in [0.5, 0.6) is 0 Å². The second-order valence-corrected chi connectivity index (χ2v) is 9.16. The number of anilines is 4. The second kappa shape index (κ2) is 11.2. The number of fused-ring (bicyclic) bond motifs is 1. The van der Waals surface area contributed by atoms with E-state index in [1.54, 1.807) is 6.20 Å². The molecule has 0 bridgehead atoms. The van der Waals surface area contributed by atoms with Crippen LogP contribution in [0, 0.1) is 0 Å². The van der Waals surface area contributed by atoms with Gasteiger partial charge in [-0.25, -0.2) is 9.97 Å². The number of amides is 1. The zero-order valence-electron chi connectivity index (χ0n) is 20.6. The van der Waals surface area contributed by atoms with Gasteiger partial charge in [-0.15, -0.1) is 0 Å². The van der Waals surface area contributed by atoms with E-state index >= 15 is 0 Å². The number of likely N-dealkylation sites (N-methyl/N-ethyl adjacent to an activating group) is 2. The first-order valence-electron chi connectivity index (χ1n) is 11.6. The van der Waals surface area contributed by atoms with Crippen molar-refractivity contribution in [3.05, 3.63) is 84.5 Å². The Bertz CT molecular complexity index is 1400. The summed E-state index contributed by atoms with van der Waals surface area (Å²) in [7, 11) is 6.06. The molecule has 1 heterocycles. The van der Waals surface area contributed by atoms with Gasteiger partial charge in [0, 0.05) is 48.0 Å². The van der Waals surface area contributed by atoms with Crippen LogP contribution in [0.4, 0.5) is 23.0 Å².